The molecule has 0 aromatic rings. The van der Waals surface area contributed by atoms with Crippen LogP contribution in [-0.2, 0) is 9.59 Å². The van der Waals surface area contributed by atoms with E-state index in [0.29, 0.717) is 13.1 Å². The summed E-state index contributed by atoms with van der Waals surface area (Å²) >= 11 is 0. The second-order valence-corrected chi connectivity index (χ2v) is 4.28. The second-order valence-electron chi connectivity index (χ2n) is 4.28. The van der Waals surface area contributed by atoms with Crippen molar-refractivity contribution in [3.63, 3.8) is 0 Å². The average molecular weight is 227 g/mol. The molecule has 92 valence electrons. The molecular weight excluding hydrogens is 206 g/mol. The highest BCUT2D eigenvalue weighted by molar-refractivity contribution is 5.90. The number of hydrogen-bond donors (Lipinski definition) is 2. The van der Waals surface area contributed by atoms with Crippen molar-refractivity contribution in [1.29, 1.82) is 0 Å². The van der Waals surface area contributed by atoms with Crippen molar-refractivity contribution in [1.82, 2.24) is 10.2 Å². The van der Waals surface area contributed by atoms with Crippen LogP contribution in [0.1, 0.15) is 33.1 Å². The van der Waals surface area contributed by atoms with Gasteiger partial charge in [-0.25, -0.2) is 0 Å². The van der Waals surface area contributed by atoms with Crippen molar-refractivity contribution in [3.8, 4) is 0 Å². The quantitative estimate of drug-likeness (QED) is 0.686. The molecule has 0 aromatic heterocycles. The number of nitrogens with zero attached hydrogens (tertiary/aromatic N) is 1. The van der Waals surface area contributed by atoms with Gasteiger partial charge in [-0.2, -0.15) is 0 Å². The SMILES string of the molecule is CCNC(=O)CN(CC)C(=O)C1(N)CCC1. The van der Waals surface area contributed by atoms with E-state index >= 15 is 0 Å². The third-order valence-electron chi connectivity index (χ3n) is 3.05. The lowest BCUT2D eigenvalue weighted by atomic mass is 9.76. The number of carbonyl (C=O) groups is 2. The Labute approximate surface area is 96.4 Å². The van der Waals surface area contributed by atoms with Gasteiger partial charge in [0.05, 0.1) is 12.1 Å². The van der Waals surface area contributed by atoms with Crippen LogP contribution in [0.25, 0.3) is 0 Å². The second kappa shape index (κ2) is 5.30. The summed E-state index contributed by atoms with van der Waals surface area (Å²) in [6.45, 7) is 4.93. The minimum Gasteiger partial charge on any atom is -0.355 e. The minimum atomic E-state index is -0.706. The lowest BCUT2D eigenvalue weighted by Gasteiger charge is -2.39. The highest BCUT2D eigenvalue weighted by Crippen LogP contribution is 2.30. The topological polar surface area (TPSA) is 75.4 Å². The zero-order valence-corrected chi connectivity index (χ0v) is 10.1. The number of nitrogens with two attached hydrogens (primary N) is 1. The molecule has 0 saturated heterocycles. The molecule has 1 rings (SSSR count). The number of hydrogen-bond acceptors (Lipinski definition) is 3. The average Bonchev–Trinajstić information content (AvgIpc) is 2.22. The number of nitrogens with one attached hydrogen (secondary N) is 1. The van der Waals surface area contributed by atoms with Crippen LogP contribution in [0.3, 0.4) is 0 Å². The molecule has 3 N–H and O–H groups in total. The minimum absolute atomic E-state index is 0.0903. The van der Waals surface area contributed by atoms with Crippen molar-refractivity contribution < 1.29 is 9.59 Å². The van der Waals surface area contributed by atoms with Crippen molar-refractivity contribution in [2.45, 2.75) is 38.6 Å². The standard InChI is InChI=1S/C11H21N3O2/c1-3-13-9(15)8-14(4-2)10(16)11(12)6-5-7-11/h3-8,12H2,1-2H3,(H,13,15). The molecular formula is C11H21N3O2. The number of likely N-dealkylation sites (N-methyl/N-ethyl adjacent to an activating group) is 2. The van der Waals surface area contributed by atoms with Gasteiger partial charge in [0.15, 0.2) is 0 Å². The van der Waals surface area contributed by atoms with Crippen LogP contribution in [0.5, 0.6) is 0 Å². The molecule has 0 unspecified atom stereocenters. The summed E-state index contributed by atoms with van der Waals surface area (Å²) in [6, 6.07) is 0. The smallest absolute Gasteiger partial charge is 0.243 e. The molecule has 0 heterocycles. The molecule has 0 radical (unpaired) electrons. The first-order valence-electron chi connectivity index (χ1n) is 5.88. The third kappa shape index (κ3) is 2.72. The number of rotatable bonds is 5. The lowest BCUT2D eigenvalue weighted by molar-refractivity contribution is -0.143. The number of amides is 2. The molecule has 2 amide bonds. The van der Waals surface area contributed by atoms with Gasteiger partial charge in [-0.05, 0) is 33.1 Å². The highest BCUT2D eigenvalue weighted by Gasteiger charge is 2.42. The molecule has 1 aliphatic carbocycles. The summed E-state index contributed by atoms with van der Waals surface area (Å²) < 4.78 is 0. The monoisotopic (exact) mass is 227 g/mol. The normalized spacial score (nSPS) is 17.4. The van der Waals surface area contributed by atoms with Gasteiger partial charge in [0.2, 0.25) is 11.8 Å². The predicted octanol–water partition coefficient (Wildman–Crippen LogP) is -0.148. The van der Waals surface area contributed by atoms with Gasteiger partial charge in [0.1, 0.15) is 0 Å². The Balaban J connectivity index is 2.53. The van der Waals surface area contributed by atoms with Crippen LogP contribution in [0.4, 0.5) is 0 Å². The maximum absolute atomic E-state index is 12.0. The molecule has 1 saturated carbocycles. The van der Waals surface area contributed by atoms with Gasteiger partial charge in [0.25, 0.3) is 0 Å². The Morgan fingerprint density at radius 1 is 1.38 bits per heavy atom. The van der Waals surface area contributed by atoms with Crippen LogP contribution in [-0.4, -0.2) is 41.9 Å². The van der Waals surface area contributed by atoms with Crippen molar-refractivity contribution in [2.24, 2.45) is 5.73 Å². The number of carbonyl (C=O) groups excluding carboxylic acids is 2. The fourth-order valence-electron chi connectivity index (χ4n) is 1.84. The fraction of sp³-hybridized carbons (Fsp3) is 0.818. The van der Waals surface area contributed by atoms with E-state index in [-0.39, 0.29) is 18.4 Å². The Morgan fingerprint density at radius 2 is 2.00 bits per heavy atom. The highest BCUT2D eigenvalue weighted by atomic mass is 16.2. The van der Waals surface area contributed by atoms with Crippen molar-refractivity contribution in [2.75, 3.05) is 19.6 Å². The molecule has 0 spiro atoms. The predicted molar refractivity (Wildman–Crippen MR) is 61.7 cm³/mol. The van der Waals surface area contributed by atoms with Crippen LogP contribution < -0.4 is 11.1 Å². The summed E-state index contributed by atoms with van der Waals surface area (Å²) in [6.07, 6.45) is 2.47. The molecule has 5 nitrogen and oxygen atoms in total. The summed E-state index contributed by atoms with van der Waals surface area (Å²) in [5, 5.41) is 2.68. The Kier molecular flexibility index (Phi) is 4.29. The molecule has 0 atom stereocenters. The lowest BCUT2D eigenvalue weighted by Crippen LogP contribution is -2.60. The Hall–Kier alpha value is -1.10. The van der Waals surface area contributed by atoms with Crippen LogP contribution in [0.15, 0.2) is 0 Å². The molecule has 1 aliphatic rings. The van der Waals surface area contributed by atoms with E-state index in [0.717, 1.165) is 19.3 Å². The largest absolute Gasteiger partial charge is 0.355 e. The van der Waals surface area contributed by atoms with Gasteiger partial charge in [-0.3, -0.25) is 9.59 Å². The van der Waals surface area contributed by atoms with Gasteiger partial charge >= 0.3 is 0 Å². The van der Waals surface area contributed by atoms with Crippen molar-refractivity contribution >= 4 is 11.8 Å². The van der Waals surface area contributed by atoms with Gasteiger partial charge in [0, 0.05) is 13.1 Å². The molecule has 0 aliphatic heterocycles. The fourth-order valence-corrected chi connectivity index (χ4v) is 1.84. The van der Waals surface area contributed by atoms with Crippen molar-refractivity contribution in [3.05, 3.63) is 0 Å². The molecule has 5 heteroatoms. The van der Waals surface area contributed by atoms with Gasteiger partial charge in [-0.15, -0.1) is 0 Å². The van der Waals surface area contributed by atoms with Gasteiger partial charge < -0.3 is 16.0 Å². The van der Waals surface area contributed by atoms with E-state index < -0.39 is 5.54 Å². The first kappa shape index (κ1) is 13.0. The summed E-state index contributed by atoms with van der Waals surface area (Å²) in [4.78, 5) is 25.0. The van der Waals surface area contributed by atoms with E-state index in [1.165, 1.54) is 4.90 Å². The molecule has 0 aromatic carbocycles. The van der Waals surface area contributed by atoms with E-state index in [4.69, 9.17) is 5.73 Å². The Bertz CT molecular complexity index is 274. The van der Waals surface area contributed by atoms with E-state index in [9.17, 15) is 9.59 Å². The van der Waals surface area contributed by atoms with Crippen LogP contribution in [0, 0.1) is 0 Å². The van der Waals surface area contributed by atoms with Crippen LogP contribution in [0.2, 0.25) is 0 Å². The summed E-state index contributed by atoms with van der Waals surface area (Å²) in [5.74, 6) is -0.215. The Morgan fingerprint density at radius 3 is 2.38 bits per heavy atom. The summed E-state index contributed by atoms with van der Waals surface area (Å²) in [5.41, 5.74) is 5.24. The first-order chi connectivity index (χ1) is 7.53. The molecule has 1 fully saturated rings. The summed E-state index contributed by atoms with van der Waals surface area (Å²) in [7, 11) is 0. The first-order valence-corrected chi connectivity index (χ1v) is 5.88. The molecule has 0 bridgehead atoms. The van der Waals surface area contributed by atoms with Crippen LogP contribution >= 0.6 is 0 Å². The van der Waals surface area contributed by atoms with E-state index in [1.807, 2.05) is 13.8 Å². The maximum Gasteiger partial charge on any atom is 0.243 e. The zero-order valence-electron chi connectivity index (χ0n) is 10.1. The van der Waals surface area contributed by atoms with Gasteiger partial charge in [-0.1, -0.05) is 0 Å². The zero-order chi connectivity index (χ0) is 12.2. The third-order valence-corrected chi connectivity index (χ3v) is 3.05. The van der Waals surface area contributed by atoms with E-state index in [2.05, 4.69) is 5.32 Å². The molecule has 16 heavy (non-hydrogen) atoms. The van der Waals surface area contributed by atoms with E-state index in [1.54, 1.807) is 0 Å². The maximum atomic E-state index is 12.0.